The minimum Gasteiger partial charge on any atom is -0.475 e. The quantitative estimate of drug-likeness (QED) is 0.567. The number of hydrogen-bond donors (Lipinski definition) is 1. The van der Waals surface area contributed by atoms with Gasteiger partial charge < -0.3 is 5.11 Å². The summed E-state index contributed by atoms with van der Waals surface area (Å²) in [5.74, 6) is -3.02. The highest BCUT2D eigenvalue weighted by Crippen LogP contribution is 1.98. The number of carbonyl (C=O) groups excluding carboxylic acids is 1. The van der Waals surface area contributed by atoms with E-state index in [9.17, 15) is 18.0 Å². The Bertz CT molecular complexity index is 275. The van der Waals surface area contributed by atoms with Crippen molar-refractivity contribution in [3.8, 4) is 0 Å². The lowest BCUT2D eigenvalue weighted by molar-refractivity contribution is -0.148. The topological polar surface area (TPSA) is 88.5 Å². The van der Waals surface area contributed by atoms with E-state index in [1.54, 1.807) is 0 Å². The van der Waals surface area contributed by atoms with Gasteiger partial charge in [0.1, 0.15) is 5.25 Å². The fourth-order valence-corrected chi connectivity index (χ4v) is 0.858. The number of Topliss-reactive ketones (excluding diaryl/α,β-unsaturated/α-hetero) is 1. The second-order valence-corrected chi connectivity index (χ2v) is 4.51. The largest absolute Gasteiger partial charge is 0.475 e. The van der Waals surface area contributed by atoms with Gasteiger partial charge in [-0.15, -0.1) is 0 Å². The molecule has 1 unspecified atom stereocenters. The van der Waals surface area contributed by atoms with Crippen molar-refractivity contribution in [1.29, 1.82) is 0 Å². The zero-order valence-corrected chi connectivity index (χ0v) is 6.88. The molecule has 0 amide bonds. The first kappa shape index (κ1) is 10.1. The van der Waals surface area contributed by atoms with Gasteiger partial charge in [0.05, 0.1) is 0 Å². The first-order chi connectivity index (χ1) is 4.76. The number of carboxylic acid groups (broad SMARTS) is 1. The van der Waals surface area contributed by atoms with Crippen LogP contribution >= 0.6 is 0 Å². The number of aliphatic carboxylic acids is 1. The summed E-state index contributed by atoms with van der Waals surface area (Å²) in [7, 11) is -3.58. The molecule has 0 fully saturated rings. The summed E-state index contributed by atoms with van der Waals surface area (Å²) < 4.78 is 21.2. The Morgan fingerprint density at radius 3 is 1.82 bits per heavy atom. The second-order valence-electron chi connectivity index (χ2n) is 2.14. The van der Waals surface area contributed by atoms with Crippen LogP contribution in [0.2, 0.25) is 0 Å². The van der Waals surface area contributed by atoms with Gasteiger partial charge in [-0.1, -0.05) is 0 Å². The van der Waals surface area contributed by atoms with Crippen LogP contribution in [-0.2, 0) is 19.4 Å². The molecule has 0 saturated carbocycles. The fraction of sp³-hybridized carbons (Fsp3) is 0.600. The average molecular weight is 180 g/mol. The lowest BCUT2D eigenvalue weighted by Gasteiger charge is -2.02. The molecule has 0 aromatic heterocycles. The van der Waals surface area contributed by atoms with Crippen molar-refractivity contribution in [1.82, 2.24) is 0 Å². The average Bonchev–Trinajstić information content (AvgIpc) is 1.82. The molecule has 6 heteroatoms. The molecule has 0 aromatic carbocycles. The highest BCUT2D eigenvalue weighted by Gasteiger charge is 2.28. The Kier molecular flexibility index (Phi) is 2.75. The number of sulfone groups is 1. The number of hydrogen-bond acceptors (Lipinski definition) is 4. The van der Waals surface area contributed by atoms with Gasteiger partial charge in [0.15, 0.2) is 9.84 Å². The molecule has 0 aliphatic heterocycles. The maximum absolute atomic E-state index is 10.6. The van der Waals surface area contributed by atoms with E-state index in [0.717, 1.165) is 13.2 Å². The fourth-order valence-electron chi connectivity index (χ4n) is 0.368. The normalized spacial score (nSPS) is 14.0. The third-order valence-corrected chi connectivity index (χ3v) is 2.72. The summed E-state index contributed by atoms with van der Waals surface area (Å²) in [5, 5.41) is 6.64. The van der Waals surface area contributed by atoms with Crippen LogP contribution in [-0.4, -0.2) is 36.8 Å². The van der Waals surface area contributed by atoms with E-state index in [4.69, 9.17) is 5.11 Å². The highest BCUT2D eigenvalue weighted by atomic mass is 32.2. The minimum absolute atomic E-state index is 0.818. The van der Waals surface area contributed by atoms with Crippen molar-refractivity contribution >= 4 is 21.6 Å². The molecule has 0 aliphatic carbocycles. The van der Waals surface area contributed by atoms with E-state index in [2.05, 4.69) is 0 Å². The first-order valence-electron chi connectivity index (χ1n) is 2.73. The van der Waals surface area contributed by atoms with Gasteiger partial charge >= 0.3 is 5.97 Å². The van der Waals surface area contributed by atoms with E-state index < -0.39 is 26.8 Å². The maximum Gasteiger partial charge on any atom is 0.373 e. The number of carbonyl (C=O) groups is 2. The zero-order chi connectivity index (χ0) is 9.23. The SMILES string of the molecule is CC(C(=O)C(=O)O)S(C)(=O)=O. The van der Waals surface area contributed by atoms with Gasteiger partial charge in [-0.25, -0.2) is 13.2 Å². The van der Waals surface area contributed by atoms with E-state index in [1.807, 2.05) is 0 Å². The predicted octanol–water partition coefficient (Wildman–Crippen LogP) is -0.927. The summed E-state index contributed by atoms with van der Waals surface area (Å²) in [4.78, 5) is 20.5. The standard InChI is InChI=1S/C5H8O5S/c1-3(11(2,9)10)4(6)5(7)8/h3H,1-2H3,(H,7,8). The monoisotopic (exact) mass is 180 g/mol. The van der Waals surface area contributed by atoms with Crippen LogP contribution in [0.1, 0.15) is 6.92 Å². The Labute approximate surface area is 63.9 Å². The van der Waals surface area contributed by atoms with Gasteiger partial charge in [-0.05, 0) is 6.92 Å². The van der Waals surface area contributed by atoms with Crippen molar-refractivity contribution in [3.05, 3.63) is 0 Å². The molecular formula is C5H8O5S. The van der Waals surface area contributed by atoms with E-state index in [0.29, 0.717) is 0 Å². The Morgan fingerprint density at radius 1 is 1.36 bits per heavy atom. The van der Waals surface area contributed by atoms with E-state index in [-0.39, 0.29) is 0 Å². The molecule has 11 heavy (non-hydrogen) atoms. The molecule has 64 valence electrons. The van der Waals surface area contributed by atoms with E-state index >= 15 is 0 Å². The summed E-state index contributed by atoms with van der Waals surface area (Å²) >= 11 is 0. The van der Waals surface area contributed by atoms with Gasteiger partial charge in [-0.3, -0.25) is 4.79 Å². The zero-order valence-electron chi connectivity index (χ0n) is 6.07. The lowest BCUT2D eigenvalue weighted by atomic mass is 10.3. The van der Waals surface area contributed by atoms with Crippen molar-refractivity contribution in [2.24, 2.45) is 0 Å². The second kappa shape index (κ2) is 3.00. The van der Waals surface area contributed by atoms with Crippen LogP contribution < -0.4 is 0 Å². The molecular weight excluding hydrogens is 172 g/mol. The Hall–Kier alpha value is -0.910. The minimum atomic E-state index is -3.58. The van der Waals surface area contributed by atoms with Crippen LogP contribution in [0.15, 0.2) is 0 Å². The van der Waals surface area contributed by atoms with Gasteiger partial charge in [0.2, 0.25) is 0 Å². The number of rotatable bonds is 3. The van der Waals surface area contributed by atoms with Gasteiger partial charge in [0.25, 0.3) is 5.78 Å². The van der Waals surface area contributed by atoms with Gasteiger partial charge in [-0.2, -0.15) is 0 Å². The summed E-state index contributed by atoms with van der Waals surface area (Å²) in [6, 6.07) is 0. The Balaban J connectivity index is 4.66. The molecule has 5 nitrogen and oxygen atoms in total. The van der Waals surface area contributed by atoms with Crippen LogP contribution in [0, 0.1) is 0 Å². The Morgan fingerprint density at radius 2 is 1.73 bits per heavy atom. The summed E-state index contributed by atoms with van der Waals surface area (Å²) in [6.07, 6.45) is 0.818. The van der Waals surface area contributed by atoms with Gasteiger partial charge in [0, 0.05) is 6.26 Å². The maximum atomic E-state index is 10.6. The summed E-state index contributed by atoms with van der Waals surface area (Å²) in [6.45, 7) is 1.05. The molecule has 1 N–H and O–H groups in total. The molecule has 0 bridgehead atoms. The predicted molar refractivity (Wildman–Crippen MR) is 36.9 cm³/mol. The molecule has 0 heterocycles. The lowest BCUT2D eigenvalue weighted by Crippen LogP contribution is -2.32. The third-order valence-electron chi connectivity index (χ3n) is 1.22. The molecule has 1 atom stereocenters. The van der Waals surface area contributed by atoms with Crippen molar-refractivity contribution in [2.75, 3.05) is 6.26 Å². The molecule has 0 spiro atoms. The van der Waals surface area contributed by atoms with Crippen LogP contribution in [0.3, 0.4) is 0 Å². The molecule has 0 aromatic rings. The molecule has 0 saturated heterocycles. The summed E-state index contributed by atoms with van der Waals surface area (Å²) in [5.41, 5.74) is 0. The van der Waals surface area contributed by atoms with Crippen molar-refractivity contribution in [2.45, 2.75) is 12.2 Å². The van der Waals surface area contributed by atoms with Crippen molar-refractivity contribution in [3.63, 3.8) is 0 Å². The molecule has 0 rings (SSSR count). The van der Waals surface area contributed by atoms with Crippen LogP contribution in [0.4, 0.5) is 0 Å². The highest BCUT2D eigenvalue weighted by molar-refractivity contribution is 7.92. The van der Waals surface area contributed by atoms with Crippen LogP contribution in [0.25, 0.3) is 0 Å². The number of carboxylic acids is 1. The number of ketones is 1. The smallest absolute Gasteiger partial charge is 0.373 e. The first-order valence-corrected chi connectivity index (χ1v) is 4.68. The van der Waals surface area contributed by atoms with Crippen LogP contribution in [0.5, 0.6) is 0 Å². The van der Waals surface area contributed by atoms with E-state index in [1.165, 1.54) is 0 Å². The molecule has 0 radical (unpaired) electrons. The molecule has 0 aliphatic rings. The third kappa shape index (κ3) is 2.67. The van der Waals surface area contributed by atoms with Crippen molar-refractivity contribution < 1.29 is 23.1 Å².